The Hall–Kier alpha value is -1.20. The average Bonchev–Trinajstić information content (AvgIpc) is 2.35. The van der Waals surface area contributed by atoms with E-state index in [4.69, 9.17) is 4.74 Å². The van der Waals surface area contributed by atoms with Crippen molar-refractivity contribution in [2.75, 3.05) is 39.2 Å². The summed E-state index contributed by atoms with van der Waals surface area (Å²) in [7, 11) is 3.55. The smallest absolute Gasteiger partial charge is 0.144 e. The Morgan fingerprint density at radius 1 is 1.38 bits per heavy atom. The van der Waals surface area contributed by atoms with E-state index in [1.54, 1.807) is 19.5 Å². The van der Waals surface area contributed by atoms with Crippen molar-refractivity contribution in [3.05, 3.63) is 18.1 Å². The maximum Gasteiger partial charge on any atom is 0.144 e. The zero-order valence-electron chi connectivity index (χ0n) is 10.2. The number of hydrogen-bond donors (Lipinski definition) is 1. The van der Waals surface area contributed by atoms with E-state index in [9.17, 15) is 0 Å². The Labute approximate surface area is 96.8 Å². The van der Waals surface area contributed by atoms with Crippen LogP contribution in [0.15, 0.2) is 12.4 Å². The average molecular weight is 224 g/mol. The van der Waals surface area contributed by atoms with Crippen LogP contribution >= 0.6 is 0 Å². The summed E-state index contributed by atoms with van der Waals surface area (Å²) in [6, 6.07) is 0. The Balaban J connectivity index is 2.49. The van der Waals surface area contributed by atoms with Crippen molar-refractivity contribution >= 4 is 5.82 Å². The predicted molar refractivity (Wildman–Crippen MR) is 64.4 cm³/mol. The predicted octanol–water partition coefficient (Wildman–Crippen LogP) is 0.987. The SMILES string of the molecule is CCN(CCOC)Cc1cnc(NC)cn1. The van der Waals surface area contributed by atoms with E-state index in [1.165, 1.54) is 0 Å². The molecule has 0 fully saturated rings. The highest BCUT2D eigenvalue weighted by atomic mass is 16.5. The van der Waals surface area contributed by atoms with Gasteiger partial charge in [0.1, 0.15) is 5.82 Å². The van der Waals surface area contributed by atoms with Crippen LogP contribution in [-0.2, 0) is 11.3 Å². The third-order valence-corrected chi connectivity index (χ3v) is 2.41. The van der Waals surface area contributed by atoms with Gasteiger partial charge in [-0.2, -0.15) is 0 Å². The summed E-state index contributed by atoms with van der Waals surface area (Å²) < 4.78 is 5.06. The summed E-state index contributed by atoms with van der Waals surface area (Å²) in [5, 5.41) is 2.95. The number of nitrogens with one attached hydrogen (secondary N) is 1. The topological polar surface area (TPSA) is 50.3 Å². The van der Waals surface area contributed by atoms with Gasteiger partial charge in [0, 0.05) is 27.2 Å². The number of ether oxygens (including phenoxy) is 1. The van der Waals surface area contributed by atoms with Gasteiger partial charge in [-0.25, -0.2) is 4.98 Å². The summed E-state index contributed by atoms with van der Waals surface area (Å²) in [5.74, 6) is 0.795. The molecule has 5 nitrogen and oxygen atoms in total. The fourth-order valence-corrected chi connectivity index (χ4v) is 1.36. The fraction of sp³-hybridized carbons (Fsp3) is 0.636. The second-order valence-electron chi connectivity index (χ2n) is 3.50. The monoisotopic (exact) mass is 224 g/mol. The third kappa shape index (κ3) is 4.12. The first kappa shape index (κ1) is 12.9. The zero-order chi connectivity index (χ0) is 11.8. The number of anilines is 1. The molecule has 0 saturated heterocycles. The molecule has 5 heteroatoms. The maximum atomic E-state index is 5.06. The highest BCUT2D eigenvalue weighted by molar-refractivity contribution is 5.29. The van der Waals surface area contributed by atoms with Crippen molar-refractivity contribution in [3.8, 4) is 0 Å². The molecule has 0 radical (unpaired) electrons. The third-order valence-electron chi connectivity index (χ3n) is 2.41. The van der Waals surface area contributed by atoms with Gasteiger partial charge in [-0.05, 0) is 6.54 Å². The molecule has 0 aliphatic heterocycles. The number of nitrogens with zero attached hydrogens (tertiary/aromatic N) is 3. The van der Waals surface area contributed by atoms with Crippen LogP contribution in [0.3, 0.4) is 0 Å². The number of rotatable bonds is 7. The summed E-state index contributed by atoms with van der Waals surface area (Å²) in [4.78, 5) is 10.8. The van der Waals surface area contributed by atoms with Gasteiger partial charge in [0.15, 0.2) is 0 Å². The van der Waals surface area contributed by atoms with Gasteiger partial charge in [0.05, 0.1) is 24.7 Å². The quantitative estimate of drug-likeness (QED) is 0.748. The molecule has 0 spiro atoms. The van der Waals surface area contributed by atoms with Crippen LogP contribution in [0.25, 0.3) is 0 Å². The van der Waals surface area contributed by atoms with Gasteiger partial charge in [-0.15, -0.1) is 0 Å². The summed E-state index contributed by atoms with van der Waals surface area (Å²) >= 11 is 0. The molecule has 1 heterocycles. The first-order chi connectivity index (χ1) is 7.80. The standard InChI is InChI=1S/C11H20N4O/c1-4-15(5-6-16-3)9-10-7-14-11(12-2)8-13-10/h7-8H,4-6,9H2,1-3H3,(H,12,14). The number of methoxy groups -OCH3 is 1. The Morgan fingerprint density at radius 2 is 2.19 bits per heavy atom. The van der Waals surface area contributed by atoms with Crippen molar-refractivity contribution in [2.45, 2.75) is 13.5 Å². The van der Waals surface area contributed by atoms with Crippen LogP contribution in [0.2, 0.25) is 0 Å². The molecule has 0 aromatic carbocycles. The summed E-state index contributed by atoms with van der Waals surface area (Å²) in [5.41, 5.74) is 0.983. The van der Waals surface area contributed by atoms with E-state index in [0.29, 0.717) is 0 Å². The molecule has 90 valence electrons. The Kier molecular flexibility index (Phi) is 5.74. The van der Waals surface area contributed by atoms with Gasteiger partial charge in [-0.1, -0.05) is 6.92 Å². The minimum Gasteiger partial charge on any atom is -0.383 e. The molecule has 1 aromatic rings. The molecular weight excluding hydrogens is 204 g/mol. The highest BCUT2D eigenvalue weighted by Gasteiger charge is 2.04. The first-order valence-corrected chi connectivity index (χ1v) is 5.50. The van der Waals surface area contributed by atoms with Crippen molar-refractivity contribution in [2.24, 2.45) is 0 Å². The van der Waals surface area contributed by atoms with Crippen molar-refractivity contribution in [1.82, 2.24) is 14.9 Å². The lowest BCUT2D eigenvalue weighted by atomic mass is 10.4. The number of likely N-dealkylation sites (N-methyl/N-ethyl adjacent to an activating group) is 1. The lowest BCUT2D eigenvalue weighted by molar-refractivity contribution is 0.146. The van der Waals surface area contributed by atoms with Crippen LogP contribution in [0.1, 0.15) is 12.6 Å². The zero-order valence-corrected chi connectivity index (χ0v) is 10.2. The molecule has 0 aliphatic carbocycles. The molecule has 0 unspecified atom stereocenters. The second-order valence-corrected chi connectivity index (χ2v) is 3.50. The normalized spacial score (nSPS) is 10.8. The molecule has 0 atom stereocenters. The molecule has 0 bridgehead atoms. The van der Waals surface area contributed by atoms with Crippen molar-refractivity contribution < 1.29 is 4.74 Å². The lowest BCUT2D eigenvalue weighted by Gasteiger charge is -2.19. The van der Waals surface area contributed by atoms with Gasteiger partial charge in [0.2, 0.25) is 0 Å². The van der Waals surface area contributed by atoms with Gasteiger partial charge >= 0.3 is 0 Å². The van der Waals surface area contributed by atoms with Crippen LogP contribution in [0.4, 0.5) is 5.82 Å². The minimum atomic E-state index is 0.746. The van der Waals surface area contributed by atoms with E-state index < -0.39 is 0 Å². The Morgan fingerprint density at radius 3 is 2.69 bits per heavy atom. The van der Waals surface area contributed by atoms with Crippen molar-refractivity contribution in [1.29, 1.82) is 0 Å². The second kappa shape index (κ2) is 7.14. The molecular formula is C11H20N4O. The number of hydrogen-bond acceptors (Lipinski definition) is 5. The summed E-state index contributed by atoms with van der Waals surface area (Å²) in [6.45, 7) is 5.60. The van der Waals surface area contributed by atoms with E-state index in [-0.39, 0.29) is 0 Å². The van der Waals surface area contributed by atoms with Gasteiger partial charge < -0.3 is 10.1 Å². The molecule has 1 N–H and O–H groups in total. The maximum absolute atomic E-state index is 5.06. The van der Waals surface area contributed by atoms with E-state index in [2.05, 4.69) is 27.1 Å². The highest BCUT2D eigenvalue weighted by Crippen LogP contribution is 2.03. The largest absolute Gasteiger partial charge is 0.383 e. The molecule has 0 amide bonds. The molecule has 0 saturated carbocycles. The van der Waals surface area contributed by atoms with Crippen LogP contribution in [0.5, 0.6) is 0 Å². The van der Waals surface area contributed by atoms with E-state index in [1.807, 2.05) is 7.05 Å². The van der Waals surface area contributed by atoms with E-state index >= 15 is 0 Å². The molecule has 1 rings (SSSR count). The van der Waals surface area contributed by atoms with Crippen LogP contribution < -0.4 is 5.32 Å². The van der Waals surface area contributed by atoms with Crippen molar-refractivity contribution in [3.63, 3.8) is 0 Å². The first-order valence-electron chi connectivity index (χ1n) is 5.50. The lowest BCUT2D eigenvalue weighted by Crippen LogP contribution is -2.27. The van der Waals surface area contributed by atoms with Crippen LogP contribution in [0, 0.1) is 0 Å². The Bertz CT molecular complexity index is 289. The molecule has 1 aromatic heterocycles. The molecule has 16 heavy (non-hydrogen) atoms. The number of aromatic nitrogens is 2. The van der Waals surface area contributed by atoms with Gasteiger partial charge in [-0.3, -0.25) is 9.88 Å². The minimum absolute atomic E-state index is 0.746. The molecule has 0 aliphatic rings. The fourth-order valence-electron chi connectivity index (χ4n) is 1.36. The van der Waals surface area contributed by atoms with Crippen LogP contribution in [-0.4, -0.2) is 48.7 Å². The summed E-state index contributed by atoms with van der Waals surface area (Å²) in [6.07, 6.45) is 3.56. The van der Waals surface area contributed by atoms with Gasteiger partial charge in [0.25, 0.3) is 0 Å². The van der Waals surface area contributed by atoms with E-state index in [0.717, 1.165) is 37.8 Å².